The summed E-state index contributed by atoms with van der Waals surface area (Å²) in [4.78, 5) is 24.2. The average molecular weight is 256 g/mol. The topological polar surface area (TPSA) is 69.6 Å². The summed E-state index contributed by atoms with van der Waals surface area (Å²) in [5, 5.41) is 11.8. The fourth-order valence-electron chi connectivity index (χ4n) is 2.44. The van der Waals surface area contributed by atoms with Gasteiger partial charge in [0.1, 0.15) is 0 Å². The Morgan fingerprint density at radius 3 is 2.44 bits per heavy atom. The van der Waals surface area contributed by atoms with E-state index in [9.17, 15) is 9.59 Å². The molecule has 0 aromatic heterocycles. The highest BCUT2D eigenvalue weighted by Gasteiger charge is 2.18. The number of carbonyl (C=O) groups excluding carboxylic acids is 1. The van der Waals surface area contributed by atoms with Gasteiger partial charge in [0, 0.05) is 6.04 Å². The Kier molecular flexibility index (Phi) is 6.72. The first kappa shape index (κ1) is 15.0. The van der Waals surface area contributed by atoms with Gasteiger partial charge in [-0.2, -0.15) is 0 Å². The number of nitrogens with one attached hydrogen (secondary N) is 1. The van der Waals surface area contributed by atoms with Crippen LogP contribution in [0.4, 0.5) is 0 Å². The van der Waals surface area contributed by atoms with Gasteiger partial charge in [-0.3, -0.25) is 14.5 Å². The second kappa shape index (κ2) is 8.08. The van der Waals surface area contributed by atoms with Gasteiger partial charge in [-0.25, -0.2) is 0 Å². The summed E-state index contributed by atoms with van der Waals surface area (Å²) < 4.78 is 0. The number of carboxylic acid groups (broad SMARTS) is 1. The third-order valence-electron chi connectivity index (χ3n) is 3.24. The predicted octanol–water partition coefficient (Wildman–Crippen LogP) is 1.23. The summed E-state index contributed by atoms with van der Waals surface area (Å²) in [5.74, 6) is -0.925. The summed E-state index contributed by atoms with van der Waals surface area (Å²) in [5.41, 5.74) is 0. The van der Waals surface area contributed by atoms with E-state index in [0.29, 0.717) is 12.6 Å². The largest absolute Gasteiger partial charge is 0.480 e. The molecule has 0 aliphatic heterocycles. The number of carbonyl (C=O) groups is 2. The number of hydrogen-bond acceptors (Lipinski definition) is 3. The van der Waals surface area contributed by atoms with Crippen LogP contribution >= 0.6 is 0 Å². The summed E-state index contributed by atoms with van der Waals surface area (Å²) in [6, 6.07) is 0.291. The third kappa shape index (κ3) is 6.00. The van der Waals surface area contributed by atoms with Gasteiger partial charge in [-0.05, 0) is 25.8 Å². The maximum atomic E-state index is 11.8. The summed E-state index contributed by atoms with van der Waals surface area (Å²) in [7, 11) is 0. The molecule has 104 valence electrons. The Hall–Kier alpha value is -1.10. The number of carboxylic acids is 1. The van der Waals surface area contributed by atoms with Crippen LogP contribution in [0.15, 0.2) is 0 Å². The molecule has 0 aromatic carbocycles. The molecule has 0 atom stereocenters. The Morgan fingerprint density at radius 1 is 1.22 bits per heavy atom. The molecule has 5 heteroatoms. The van der Waals surface area contributed by atoms with Crippen molar-refractivity contribution in [3.63, 3.8) is 0 Å². The van der Waals surface area contributed by atoms with Crippen molar-refractivity contribution in [3.8, 4) is 0 Å². The zero-order valence-corrected chi connectivity index (χ0v) is 11.2. The predicted molar refractivity (Wildman–Crippen MR) is 69.4 cm³/mol. The van der Waals surface area contributed by atoms with Crippen LogP contribution in [-0.4, -0.2) is 47.6 Å². The van der Waals surface area contributed by atoms with E-state index in [-0.39, 0.29) is 19.0 Å². The van der Waals surface area contributed by atoms with Gasteiger partial charge in [-0.1, -0.05) is 26.2 Å². The molecule has 1 amide bonds. The Labute approximate surface area is 109 Å². The summed E-state index contributed by atoms with van der Waals surface area (Å²) in [6.45, 7) is 2.75. The van der Waals surface area contributed by atoms with Crippen LogP contribution in [0.25, 0.3) is 0 Å². The molecule has 1 aliphatic carbocycles. The lowest BCUT2D eigenvalue weighted by Crippen LogP contribution is -2.44. The molecule has 1 rings (SSSR count). The van der Waals surface area contributed by atoms with E-state index in [0.717, 1.165) is 19.3 Å². The molecule has 0 bridgehead atoms. The van der Waals surface area contributed by atoms with E-state index in [4.69, 9.17) is 5.11 Å². The van der Waals surface area contributed by atoms with Gasteiger partial charge in [-0.15, -0.1) is 0 Å². The Morgan fingerprint density at radius 2 is 1.89 bits per heavy atom. The number of rotatable bonds is 7. The zero-order valence-electron chi connectivity index (χ0n) is 11.2. The van der Waals surface area contributed by atoms with Gasteiger partial charge in [0.25, 0.3) is 0 Å². The normalized spacial score (nSPS) is 16.8. The van der Waals surface area contributed by atoms with Crippen molar-refractivity contribution in [3.05, 3.63) is 0 Å². The van der Waals surface area contributed by atoms with Gasteiger partial charge >= 0.3 is 5.97 Å². The lowest BCUT2D eigenvalue weighted by Gasteiger charge is -2.25. The molecule has 0 saturated heterocycles. The Balaban J connectivity index is 2.32. The monoisotopic (exact) mass is 256 g/mol. The molecule has 0 radical (unpaired) electrons. The van der Waals surface area contributed by atoms with Gasteiger partial charge in [0.15, 0.2) is 0 Å². The minimum absolute atomic E-state index is 0.0448. The minimum Gasteiger partial charge on any atom is -0.480 e. The number of nitrogens with zero attached hydrogens (tertiary/aromatic N) is 1. The van der Waals surface area contributed by atoms with Crippen molar-refractivity contribution >= 4 is 11.9 Å². The summed E-state index contributed by atoms with van der Waals surface area (Å²) in [6.07, 6.45) is 6.58. The zero-order chi connectivity index (χ0) is 13.4. The van der Waals surface area contributed by atoms with Crippen molar-refractivity contribution in [2.75, 3.05) is 19.6 Å². The van der Waals surface area contributed by atoms with Crippen molar-refractivity contribution < 1.29 is 14.7 Å². The first-order chi connectivity index (χ1) is 8.61. The molecule has 0 spiro atoms. The maximum absolute atomic E-state index is 11.8. The molecule has 18 heavy (non-hydrogen) atoms. The van der Waals surface area contributed by atoms with E-state index < -0.39 is 5.97 Å². The number of amides is 1. The van der Waals surface area contributed by atoms with E-state index in [1.807, 2.05) is 6.92 Å². The van der Waals surface area contributed by atoms with Crippen LogP contribution in [0, 0.1) is 0 Å². The molecule has 0 unspecified atom stereocenters. The maximum Gasteiger partial charge on any atom is 0.317 e. The fourth-order valence-corrected chi connectivity index (χ4v) is 2.44. The van der Waals surface area contributed by atoms with Gasteiger partial charge < -0.3 is 10.4 Å². The Bertz CT molecular complexity index is 275. The SMILES string of the molecule is CCCN(CC(=O)O)CC(=O)NC1CCCCC1. The first-order valence-corrected chi connectivity index (χ1v) is 6.85. The lowest BCUT2D eigenvalue weighted by molar-refractivity contribution is -0.138. The van der Waals surface area contributed by atoms with Crippen LogP contribution in [-0.2, 0) is 9.59 Å². The molecule has 1 aliphatic rings. The number of aliphatic carboxylic acids is 1. The second-order valence-electron chi connectivity index (χ2n) is 5.01. The number of hydrogen-bond donors (Lipinski definition) is 2. The molecular weight excluding hydrogens is 232 g/mol. The molecule has 0 heterocycles. The van der Waals surface area contributed by atoms with Crippen molar-refractivity contribution in [2.45, 2.75) is 51.5 Å². The molecule has 0 aromatic rings. The molecule has 2 N–H and O–H groups in total. The highest BCUT2D eigenvalue weighted by molar-refractivity contribution is 5.79. The van der Waals surface area contributed by atoms with Crippen molar-refractivity contribution in [1.82, 2.24) is 10.2 Å². The molecule has 5 nitrogen and oxygen atoms in total. The highest BCUT2D eigenvalue weighted by Crippen LogP contribution is 2.17. The fraction of sp³-hybridized carbons (Fsp3) is 0.846. The van der Waals surface area contributed by atoms with Crippen LogP contribution in [0.2, 0.25) is 0 Å². The quantitative estimate of drug-likeness (QED) is 0.719. The van der Waals surface area contributed by atoms with Crippen LogP contribution in [0.3, 0.4) is 0 Å². The molecule has 1 fully saturated rings. The average Bonchev–Trinajstić information content (AvgIpc) is 2.29. The van der Waals surface area contributed by atoms with Crippen molar-refractivity contribution in [1.29, 1.82) is 0 Å². The van der Waals surface area contributed by atoms with Gasteiger partial charge in [0.05, 0.1) is 13.1 Å². The first-order valence-electron chi connectivity index (χ1n) is 6.85. The molecular formula is C13H24N2O3. The summed E-state index contributed by atoms with van der Waals surface area (Å²) >= 11 is 0. The standard InChI is InChI=1S/C13H24N2O3/c1-2-8-15(10-13(17)18)9-12(16)14-11-6-4-3-5-7-11/h11H,2-10H2,1H3,(H,14,16)(H,17,18). The highest BCUT2D eigenvalue weighted by atomic mass is 16.4. The van der Waals surface area contributed by atoms with Gasteiger partial charge in [0.2, 0.25) is 5.91 Å². The molecule has 1 saturated carbocycles. The van der Waals surface area contributed by atoms with E-state index in [1.165, 1.54) is 19.3 Å². The van der Waals surface area contributed by atoms with Crippen LogP contribution in [0.1, 0.15) is 45.4 Å². The van der Waals surface area contributed by atoms with E-state index in [1.54, 1.807) is 4.90 Å². The second-order valence-corrected chi connectivity index (χ2v) is 5.01. The van der Waals surface area contributed by atoms with Crippen molar-refractivity contribution in [2.24, 2.45) is 0 Å². The lowest BCUT2D eigenvalue weighted by atomic mass is 9.95. The smallest absolute Gasteiger partial charge is 0.317 e. The minimum atomic E-state index is -0.881. The van der Waals surface area contributed by atoms with Crippen LogP contribution in [0.5, 0.6) is 0 Å². The van der Waals surface area contributed by atoms with E-state index >= 15 is 0 Å². The van der Waals surface area contributed by atoms with E-state index in [2.05, 4.69) is 5.32 Å². The van der Waals surface area contributed by atoms with Crippen LogP contribution < -0.4 is 5.32 Å². The third-order valence-corrected chi connectivity index (χ3v) is 3.24.